The molecule has 3 atom stereocenters. The highest BCUT2D eigenvalue weighted by Gasteiger charge is 2.57. The average molecular weight is 252 g/mol. The number of hydrogen-bond donors (Lipinski definition) is 2. The smallest absolute Gasteiger partial charge is 0.325 e. The number of rotatable bonds is 2. The first-order valence-corrected chi connectivity index (χ1v) is 6.84. The van der Waals surface area contributed by atoms with Gasteiger partial charge in [-0.2, -0.15) is 0 Å². The molecule has 0 spiro atoms. The van der Waals surface area contributed by atoms with Gasteiger partial charge in [0.2, 0.25) is 5.91 Å². The number of carbonyl (C=O) groups excluding carboxylic acids is 1. The summed E-state index contributed by atoms with van der Waals surface area (Å²) in [4.78, 5) is 25.1. The van der Waals surface area contributed by atoms with Crippen molar-refractivity contribution >= 4 is 11.9 Å². The van der Waals surface area contributed by atoms with Crippen LogP contribution in [0.4, 0.5) is 0 Å². The molecular weight excluding hydrogens is 232 g/mol. The molecule has 2 aliphatic carbocycles. The first kappa shape index (κ1) is 12.0. The van der Waals surface area contributed by atoms with Crippen LogP contribution < -0.4 is 5.73 Å². The van der Waals surface area contributed by atoms with E-state index in [9.17, 15) is 9.59 Å². The molecule has 18 heavy (non-hydrogen) atoms. The molecule has 3 unspecified atom stereocenters. The summed E-state index contributed by atoms with van der Waals surface area (Å²) in [6.45, 7) is 0.675. The number of fused-ring (bicyclic) bond motifs is 1. The van der Waals surface area contributed by atoms with Gasteiger partial charge in [0.1, 0.15) is 5.54 Å². The minimum absolute atomic E-state index is 0.153. The second-order valence-electron chi connectivity index (χ2n) is 6.11. The van der Waals surface area contributed by atoms with Crippen LogP contribution in [0, 0.1) is 17.8 Å². The van der Waals surface area contributed by atoms with Crippen molar-refractivity contribution in [2.24, 2.45) is 23.5 Å². The Labute approximate surface area is 106 Å². The lowest BCUT2D eigenvalue weighted by Crippen LogP contribution is -2.50. The van der Waals surface area contributed by atoms with E-state index in [1.54, 1.807) is 4.90 Å². The summed E-state index contributed by atoms with van der Waals surface area (Å²) in [5, 5.41) is 9.07. The van der Waals surface area contributed by atoms with Gasteiger partial charge in [-0.25, -0.2) is 0 Å². The Hall–Kier alpha value is -1.10. The Morgan fingerprint density at radius 3 is 2.33 bits per heavy atom. The van der Waals surface area contributed by atoms with E-state index in [1.807, 2.05) is 0 Å². The molecule has 3 aliphatic rings. The van der Waals surface area contributed by atoms with Gasteiger partial charge in [-0.1, -0.05) is 12.8 Å². The van der Waals surface area contributed by atoms with Crippen molar-refractivity contribution in [1.82, 2.24) is 4.90 Å². The Bertz CT molecular complexity index is 386. The van der Waals surface area contributed by atoms with Crippen LogP contribution in [0.15, 0.2) is 0 Å². The van der Waals surface area contributed by atoms with E-state index in [4.69, 9.17) is 10.8 Å². The predicted molar refractivity (Wildman–Crippen MR) is 64.7 cm³/mol. The van der Waals surface area contributed by atoms with Crippen molar-refractivity contribution in [3.63, 3.8) is 0 Å². The van der Waals surface area contributed by atoms with Gasteiger partial charge >= 0.3 is 5.97 Å². The van der Waals surface area contributed by atoms with Crippen LogP contribution in [0.3, 0.4) is 0 Å². The fourth-order valence-corrected chi connectivity index (χ4v) is 3.77. The molecule has 0 aromatic carbocycles. The maximum atomic E-state index is 12.4. The van der Waals surface area contributed by atoms with Gasteiger partial charge in [-0.05, 0) is 31.1 Å². The molecule has 3 N–H and O–H groups in total. The molecule has 1 heterocycles. The molecule has 0 aromatic heterocycles. The van der Waals surface area contributed by atoms with Gasteiger partial charge in [0.15, 0.2) is 0 Å². The molecule has 5 heteroatoms. The van der Waals surface area contributed by atoms with Crippen molar-refractivity contribution < 1.29 is 14.7 Å². The Kier molecular flexibility index (Phi) is 2.62. The monoisotopic (exact) mass is 252 g/mol. The summed E-state index contributed by atoms with van der Waals surface area (Å²) in [6, 6.07) is 0. The van der Waals surface area contributed by atoms with Crippen LogP contribution in [-0.2, 0) is 9.59 Å². The fourth-order valence-electron chi connectivity index (χ4n) is 3.77. The number of carbonyl (C=O) groups is 2. The first-order chi connectivity index (χ1) is 8.53. The standard InChI is InChI=1S/C13H20N2O3/c14-13(12(17)18)5-6-15(7-13)11(16)10-8-3-1-2-4-9(8)10/h8-10H,1-7,14H2,(H,17,18). The second-order valence-corrected chi connectivity index (χ2v) is 6.11. The lowest BCUT2D eigenvalue weighted by Gasteiger charge is -2.20. The highest BCUT2D eigenvalue weighted by Crippen LogP contribution is 2.56. The van der Waals surface area contributed by atoms with Crippen molar-refractivity contribution in [2.45, 2.75) is 37.6 Å². The van der Waals surface area contributed by atoms with Crippen molar-refractivity contribution in [3.8, 4) is 0 Å². The molecule has 2 saturated carbocycles. The minimum Gasteiger partial charge on any atom is -0.480 e. The quantitative estimate of drug-likeness (QED) is 0.747. The van der Waals surface area contributed by atoms with Gasteiger partial charge in [0, 0.05) is 19.0 Å². The van der Waals surface area contributed by atoms with Gasteiger partial charge in [-0.15, -0.1) is 0 Å². The maximum absolute atomic E-state index is 12.4. The summed E-state index contributed by atoms with van der Waals surface area (Å²) in [7, 11) is 0. The van der Waals surface area contributed by atoms with E-state index in [2.05, 4.69) is 0 Å². The SMILES string of the molecule is NC1(C(=O)O)CCN(C(=O)C2C3CCCCC32)C1. The molecule has 0 bridgehead atoms. The van der Waals surface area contributed by atoms with Gasteiger partial charge in [0.25, 0.3) is 0 Å². The Balaban J connectivity index is 1.64. The third-order valence-electron chi connectivity index (χ3n) is 4.98. The first-order valence-electron chi connectivity index (χ1n) is 6.84. The molecule has 100 valence electrons. The molecular formula is C13H20N2O3. The van der Waals surface area contributed by atoms with Gasteiger partial charge < -0.3 is 15.7 Å². The number of nitrogens with zero attached hydrogens (tertiary/aromatic N) is 1. The fraction of sp³-hybridized carbons (Fsp3) is 0.846. The average Bonchev–Trinajstić information content (AvgIpc) is 2.94. The van der Waals surface area contributed by atoms with E-state index >= 15 is 0 Å². The number of nitrogens with two attached hydrogens (primary N) is 1. The number of aliphatic carboxylic acids is 1. The highest BCUT2D eigenvalue weighted by molar-refractivity contribution is 5.86. The van der Waals surface area contributed by atoms with E-state index in [-0.39, 0.29) is 18.4 Å². The van der Waals surface area contributed by atoms with E-state index < -0.39 is 11.5 Å². The Morgan fingerprint density at radius 2 is 1.83 bits per heavy atom. The third-order valence-corrected chi connectivity index (χ3v) is 4.98. The molecule has 0 radical (unpaired) electrons. The van der Waals surface area contributed by atoms with E-state index in [0.717, 1.165) is 0 Å². The summed E-state index contributed by atoms with van der Waals surface area (Å²) in [6.07, 6.45) is 5.18. The van der Waals surface area contributed by atoms with Crippen LogP contribution >= 0.6 is 0 Å². The molecule has 1 aliphatic heterocycles. The van der Waals surface area contributed by atoms with Crippen LogP contribution in [0.2, 0.25) is 0 Å². The van der Waals surface area contributed by atoms with Gasteiger partial charge in [-0.3, -0.25) is 9.59 Å². The van der Waals surface area contributed by atoms with Crippen LogP contribution in [0.1, 0.15) is 32.1 Å². The lowest BCUT2D eigenvalue weighted by molar-refractivity contribution is -0.143. The zero-order valence-electron chi connectivity index (χ0n) is 10.5. The van der Waals surface area contributed by atoms with E-state index in [0.29, 0.717) is 24.8 Å². The number of hydrogen-bond acceptors (Lipinski definition) is 3. The zero-order valence-corrected chi connectivity index (χ0v) is 10.5. The maximum Gasteiger partial charge on any atom is 0.325 e. The van der Waals surface area contributed by atoms with Crippen molar-refractivity contribution in [3.05, 3.63) is 0 Å². The van der Waals surface area contributed by atoms with Crippen LogP contribution in [0.25, 0.3) is 0 Å². The highest BCUT2D eigenvalue weighted by atomic mass is 16.4. The molecule has 3 fully saturated rings. The molecule has 5 nitrogen and oxygen atoms in total. The summed E-state index contributed by atoms with van der Waals surface area (Å²) < 4.78 is 0. The summed E-state index contributed by atoms with van der Waals surface area (Å²) >= 11 is 0. The normalized spacial score (nSPS) is 42.5. The lowest BCUT2D eigenvalue weighted by atomic mass is 10.0. The van der Waals surface area contributed by atoms with Crippen molar-refractivity contribution in [1.29, 1.82) is 0 Å². The van der Waals surface area contributed by atoms with Crippen LogP contribution in [-0.4, -0.2) is 40.5 Å². The molecule has 1 amide bonds. The van der Waals surface area contributed by atoms with E-state index in [1.165, 1.54) is 25.7 Å². The predicted octanol–water partition coefficient (Wildman–Crippen LogP) is 0.437. The summed E-state index contributed by atoms with van der Waals surface area (Å²) in [5.74, 6) is 0.475. The van der Waals surface area contributed by atoms with Gasteiger partial charge in [0.05, 0.1) is 0 Å². The number of amides is 1. The minimum atomic E-state index is -1.23. The number of carboxylic acid groups (broad SMARTS) is 1. The van der Waals surface area contributed by atoms with Crippen molar-refractivity contribution in [2.75, 3.05) is 13.1 Å². The summed E-state index contributed by atoms with van der Waals surface area (Å²) in [5.41, 5.74) is 4.58. The third kappa shape index (κ3) is 1.72. The number of carboxylic acids is 1. The van der Waals surface area contributed by atoms with Crippen LogP contribution in [0.5, 0.6) is 0 Å². The largest absolute Gasteiger partial charge is 0.480 e. The molecule has 1 saturated heterocycles. The second kappa shape index (κ2) is 3.95. The zero-order chi connectivity index (χ0) is 12.9. The molecule has 0 aromatic rings. The topological polar surface area (TPSA) is 83.6 Å². The molecule has 3 rings (SSSR count). The Morgan fingerprint density at radius 1 is 1.22 bits per heavy atom. The number of likely N-dealkylation sites (tertiary alicyclic amines) is 1.